The fraction of sp³-hybridized carbons (Fsp3) is 0.364. The van der Waals surface area contributed by atoms with Gasteiger partial charge in [0, 0.05) is 5.56 Å². The van der Waals surface area contributed by atoms with Crippen LogP contribution in [0.15, 0.2) is 42.5 Å². The smallest absolute Gasteiger partial charge is 0.419 e. The number of hydrogen-bond acceptors (Lipinski definition) is 7. The first-order valence-corrected chi connectivity index (χ1v) is 10.9. The number of rotatable bonds is 10. The second-order valence-corrected chi connectivity index (χ2v) is 8.51. The van der Waals surface area contributed by atoms with E-state index in [0.717, 1.165) is 17.4 Å². The van der Waals surface area contributed by atoms with Gasteiger partial charge in [-0.2, -0.15) is 13.2 Å². The number of aliphatic hydroxyl groups is 1. The minimum absolute atomic E-state index is 0.0358. The third-order valence-corrected chi connectivity index (χ3v) is 5.92. The predicted octanol–water partition coefficient (Wildman–Crippen LogP) is 4.77. The molecule has 0 aliphatic carbocycles. The fourth-order valence-corrected chi connectivity index (χ4v) is 3.67. The van der Waals surface area contributed by atoms with Crippen molar-refractivity contribution >= 4 is 11.3 Å². The summed E-state index contributed by atoms with van der Waals surface area (Å²) < 4.78 is 65.1. The highest BCUT2D eigenvalue weighted by atomic mass is 32.1. The van der Waals surface area contributed by atoms with Crippen LogP contribution in [-0.4, -0.2) is 35.1 Å². The highest BCUT2D eigenvalue weighted by Crippen LogP contribution is 2.39. The van der Waals surface area contributed by atoms with Gasteiger partial charge in [-0.3, -0.25) is 0 Å². The van der Waals surface area contributed by atoms with Gasteiger partial charge in [-0.05, 0) is 50.1 Å². The van der Waals surface area contributed by atoms with Crippen molar-refractivity contribution in [2.45, 2.75) is 31.5 Å². The van der Waals surface area contributed by atoms with Crippen LogP contribution in [0.25, 0.3) is 10.6 Å². The second-order valence-electron chi connectivity index (χ2n) is 7.53. The largest absolute Gasteiger partial charge is 0.493 e. The number of para-hydroxylation sites is 1. The summed E-state index contributed by atoms with van der Waals surface area (Å²) in [6, 6.07) is 9.63. The zero-order chi connectivity index (χ0) is 24.1. The van der Waals surface area contributed by atoms with Gasteiger partial charge in [-0.25, -0.2) is 4.39 Å². The van der Waals surface area contributed by atoms with E-state index in [1.165, 1.54) is 24.3 Å². The summed E-state index contributed by atoms with van der Waals surface area (Å²) in [4.78, 5) is 0. The summed E-state index contributed by atoms with van der Waals surface area (Å²) >= 11 is 1.01. The lowest BCUT2D eigenvalue weighted by Gasteiger charge is -2.17. The van der Waals surface area contributed by atoms with Crippen LogP contribution < -0.4 is 15.2 Å². The molecule has 0 bridgehead atoms. The van der Waals surface area contributed by atoms with Crippen LogP contribution in [0.4, 0.5) is 17.6 Å². The van der Waals surface area contributed by atoms with Crippen molar-refractivity contribution in [2.75, 3.05) is 19.8 Å². The van der Waals surface area contributed by atoms with Gasteiger partial charge in [-0.1, -0.05) is 23.5 Å². The van der Waals surface area contributed by atoms with Crippen LogP contribution in [0.2, 0.25) is 0 Å². The lowest BCUT2D eigenvalue weighted by Crippen LogP contribution is -2.36. The number of hydrogen-bond donors (Lipinski definition) is 2. The van der Waals surface area contributed by atoms with E-state index in [4.69, 9.17) is 15.2 Å². The van der Waals surface area contributed by atoms with E-state index in [2.05, 4.69) is 10.2 Å². The fourth-order valence-electron chi connectivity index (χ4n) is 2.78. The average Bonchev–Trinajstić information content (AvgIpc) is 3.28. The van der Waals surface area contributed by atoms with Crippen molar-refractivity contribution in [3.63, 3.8) is 0 Å². The minimum Gasteiger partial charge on any atom is -0.493 e. The van der Waals surface area contributed by atoms with Crippen LogP contribution in [0.5, 0.6) is 11.5 Å². The Morgan fingerprint density at radius 1 is 1.00 bits per heavy atom. The number of benzene rings is 2. The molecule has 0 fully saturated rings. The molecule has 0 saturated carbocycles. The molecular formula is C22H23F4N3O3S. The van der Waals surface area contributed by atoms with Crippen molar-refractivity contribution < 1.29 is 32.1 Å². The maximum absolute atomic E-state index is 13.6. The third-order valence-electron chi connectivity index (χ3n) is 4.66. The first-order chi connectivity index (χ1) is 15.6. The molecule has 0 amide bonds. The van der Waals surface area contributed by atoms with Crippen molar-refractivity contribution in [1.82, 2.24) is 10.2 Å². The molecule has 1 aromatic heterocycles. The molecule has 0 spiro atoms. The van der Waals surface area contributed by atoms with E-state index < -0.39 is 23.1 Å². The van der Waals surface area contributed by atoms with Crippen molar-refractivity contribution in [2.24, 2.45) is 5.73 Å². The van der Waals surface area contributed by atoms with E-state index in [1.807, 2.05) is 0 Å². The Labute approximate surface area is 192 Å². The molecule has 3 aromatic rings. The summed E-state index contributed by atoms with van der Waals surface area (Å²) in [5, 5.41) is 17.7. The van der Waals surface area contributed by atoms with Gasteiger partial charge in [-0.15, -0.1) is 10.2 Å². The van der Waals surface area contributed by atoms with Crippen molar-refractivity contribution in [3.8, 4) is 22.1 Å². The molecule has 1 heterocycles. The second kappa shape index (κ2) is 10.4. The summed E-state index contributed by atoms with van der Waals surface area (Å²) in [6.45, 7) is 1.42. The van der Waals surface area contributed by atoms with E-state index in [0.29, 0.717) is 17.8 Å². The third kappa shape index (κ3) is 6.40. The van der Waals surface area contributed by atoms with Gasteiger partial charge in [0.2, 0.25) is 0 Å². The first-order valence-electron chi connectivity index (χ1n) is 10.1. The van der Waals surface area contributed by atoms with Crippen LogP contribution in [0, 0.1) is 5.82 Å². The molecule has 178 valence electrons. The number of nitrogens with two attached hydrogens (primary N) is 1. The molecule has 11 heteroatoms. The van der Waals surface area contributed by atoms with Gasteiger partial charge in [0.05, 0.1) is 30.9 Å². The lowest BCUT2D eigenvalue weighted by atomic mass is 10.1. The van der Waals surface area contributed by atoms with Crippen molar-refractivity contribution in [1.29, 1.82) is 0 Å². The summed E-state index contributed by atoms with van der Waals surface area (Å²) in [7, 11) is 0. The highest BCUT2D eigenvalue weighted by Gasteiger charge is 2.35. The molecule has 0 aliphatic rings. The predicted molar refractivity (Wildman–Crippen MR) is 116 cm³/mol. The van der Waals surface area contributed by atoms with Crippen LogP contribution in [-0.2, 0) is 11.7 Å². The number of nitrogens with zero attached hydrogens (tertiary/aromatic N) is 2. The summed E-state index contributed by atoms with van der Waals surface area (Å²) in [6.07, 6.45) is -3.74. The molecule has 0 aliphatic heterocycles. The maximum atomic E-state index is 13.6. The Balaban J connectivity index is 1.62. The van der Waals surface area contributed by atoms with E-state index in [9.17, 15) is 22.7 Å². The molecular weight excluding hydrogens is 462 g/mol. The lowest BCUT2D eigenvalue weighted by molar-refractivity contribution is -0.138. The van der Waals surface area contributed by atoms with Gasteiger partial charge >= 0.3 is 6.18 Å². The molecule has 2 aromatic carbocycles. The molecule has 3 rings (SSSR count). The Hall–Kier alpha value is -2.76. The van der Waals surface area contributed by atoms with E-state index in [1.54, 1.807) is 19.1 Å². The van der Waals surface area contributed by atoms with E-state index >= 15 is 0 Å². The average molecular weight is 486 g/mol. The van der Waals surface area contributed by atoms with Gasteiger partial charge < -0.3 is 20.3 Å². The Morgan fingerprint density at radius 3 is 2.30 bits per heavy atom. The SMILES string of the molecule is C[C@](N)(CO)c1nnc(-c2ccc(OCCCCOc3ccccc3F)c(C(F)(F)F)c2)s1. The number of halogens is 4. The summed E-state index contributed by atoms with van der Waals surface area (Å²) in [5.41, 5.74) is 4.06. The molecule has 3 N–H and O–H groups in total. The van der Waals surface area contributed by atoms with E-state index in [-0.39, 0.29) is 41.9 Å². The van der Waals surface area contributed by atoms with Crippen molar-refractivity contribution in [3.05, 3.63) is 58.9 Å². The number of ether oxygens (including phenoxy) is 2. The molecule has 0 unspecified atom stereocenters. The first kappa shape index (κ1) is 24.9. The standard InChI is InChI=1S/C22H23F4N3O3S/c1-21(27,13-30)20-29-28-19(33-20)14-8-9-17(15(12-14)22(24,25)26)31-10-4-5-11-32-18-7-3-2-6-16(18)23/h2-3,6-9,12,30H,4-5,10-11,13,27H2,1H3/t21-/m0/s1. The number of aliphatic hydroxyl groups excluding tert-OH is 1. The van der Waals surface area contributed by atoms with Gasteiger partial charge in [0.1, 0.15) is 15.8 Å². The van der Waals surface area contributed by atoms with Crippen LogP contribution in [0.3, 0.4) is 0 Å². The molecule has 1 atom stereocenters. The Bertz CT molecular complexity index is 1070. The Morgan fingerprint density at radius 2 is 1.67 bits per heavy atom. The molecule has 6 nitrogen and oxygen atoms in total. The quantitative estimate of drug-likeness (QED) is 0.318. The number of aromatic nitrogens is 2. The summed E-state index contributed by atoms with van der Waals surface area (Å²) in [5.74, 6) is -0.647. The zero-order valence-corrected chi connectivity index (χ0v) is 18.5. The molecule has 33 heavy (non-hydrogen) atoms. The maximum Gasteiger partial charge on any atom is 0.419 e. The normalized spacial score (nSPS) is 13.5. The Kier molecular flexibility index (Phi) is 7.88. The number of unbranched alkanes of at least 4 members (excludes halogenated alkanes) is 1. The highest BCUT2D eigenvalue weighted by molar-refractivity contribution is 7.14. The zero-order valence-electron chi connectivity index (χ0n) is 17.7. The topological polar surface area (TPSA) is 90.5 Å². The van der Waals surface area contributed by atoms with Crippen LogP contribution >= 0.6 is 11.3 Å². The number of alkyl halides is 3. The van der Waals surface area contributed by atoms with Crippen LogP contribution in [0.1, 0.15) is 30.3 Å². The molecule has 0 radical (unpaired) electrons. The van der Waals surface area contributed by atoms with Gasteiger partial charge in [0.15, 0.2) is 11.6 Å². The minimum atomic E-state index is -4.64. The molecule has 0 saturated heterocycles. The monoisotopic (exact) mass is 485 g/mol. The van der Waals surface area contributed by atoms with Gasteiger partial charge in [0.25, 0.3) is 0 Å².